The molecule has 5 heteroatoms. The number of aliphatic hydroxyl groups is 1. The average molecular weight is 263 g/mol. The molecule has 2 aliphatic rings. The zero-order chi connectivity index (χ0) is 13.5. The van der Waals surface area contributed by atoms with Crippen LogP contribution in [0.1, 0.15) is 54.4 Å². The van der Waals surface area contributed by atoms with Gasteiger partial charge in [0, 0.05) is 22.7 Å². The Hall–Kier alpha value is -1.36. The zero-order valence-electron chi connectivity index (χ0n) is 11.3. The number of H-pyrrole nitrogens is 1. The predicted octanol–water partition coefficient (Wildman–Crippen LogP) is 1.18. The van der Waals surface area contributed by atoms with Crippen LogP contribution in [0.4, 0.5) is 0 Å². The third-order valence-corrected chi connectivity index (χ3v) is 4.77. The number of amides is 1. The van der Waals surface area contributed by atoms with E-state index in [-0.39, 0.29) is 24.0 Å². The van der Waals surface area contributed by atoms with Gasteiger partial charge in [0.05, 0.1) is 6.61 Å². The summed E-state index contributed by atoms with van der Waals surface area (Å²) in [6.45, 7) is 2.16. The zero-order valence-corrected chi connectivity index (χ0v) is 11.3. The molecule has 0 bridgehead atoms. The minimum Gasteiger partial charge on any atom is -0.396 e. The smallest absolute Gasteiger partial charge is 0.272 e. The van der Waals surface area contributed by atoms with Crippen LogP contribution in [0.15, 0.2) is 0 Å². The molecule has 0 radical (unpaired) electrons. The van der Waals surface area contributed by atoms with E-state index in [1.165, 1.54) is 0 Å². The van der Waals surface area contributed by atoms with Gasteiger partial charge in [0.1, 0.15) is 0 Å². The molecule has 1 amide bonds. The molecule has 19 heavy (non-hydrogen) atoms. The van der Waals surface area contributed by atoms with Gasteiger partial charge in [0.2, 0.25) is 0 Å². The number of aryl methyl sites for hydroxylation is 1. The molecule has 5 nitrogen and oxygen atoms in total. The number of nitrogens with zero attached hydrogens (tertiary/aromatic N) is 1. The third-order valence-electron chi connectivity index (χ3n) is 4.77. The second-order valence-electron chi connectivity index (χ2n) is 6.11. The quantitative estimate of drug-likeness (QED) is 0.766. The summed E-state index contributed by atoms with van der Waals surface area (Å²) in [5.74, 6) is -0.0917. The van der Waals surface area contributed by atoms with Crippen LogP contribution in [0, 0.1) is 5.41 Å². The third kappa shape index (κ3) is 2.06. The molecule has 0 aliphatic heterocycles. The van der Waals surface area contributed by atoms with Crippen molar-refractivity contribution in [3.8, 4) is 0 Å². The van der Waals surface area contributed by atoms with Crippen molar-refractivity contribution in [2.45, 2.75) is 51.5 Å². The van der Waals surface area contributed by atoms with E-state index in [9.17, 15) is 9.90 Å². The Kier molecular flexibility index (Phi) is 3.09. The lowest BCUT2D eigenvalue weighted by molar-refractivity contribution is 0.0825. The second-order valence-corrected chi connectivity index (χ2v) is 6.11. The maximum atomic E-state index is 12.3. The summed E-state index contributed by atoms with van der Waals surface area (Å²) in [6.07, 6.45) is 5.99. The number of hydrogen-bond acceptors (Lipinski definition) is 3. The molecule has 3 rings (SSSR count). The molecular formula is C14H21N3O2. The topological polar surface area (TPSA) is 78.0 Å². The molecule has 0 spiro atoms. The summed E-state index contributed by atoms with van der Waals surface area (Å²) in [7, 11) is 0. The second kappa shape index (κ2) is 4.63. The van der Waals surface area contributed by atoms with E-state index in [1.807, 2.05) is 6.92 Å². The van der Waals surface area contributed by atoms with Gasteiger partial charge in [-0.2, -0.15) is 5.10 Å². The highest BCUT2D eigenvalue weighted by molar-refractivity contribution is 5.94. The van der Waals surface area contributed by atoms with Gasteiger partial charge in [-0.15, -0.1) is 0 Å². The van der Waals surface area contributed by atoms with E-state index in [2.05, 4.69) is 15.5 Å². The minimum atomic E-state index is -0.185. The van der Waals surface area contributed by atoms with Gasteiger partial charge in [-0.25, -0.2) is 0 Å². The van der Waals surface area contributed by atoms with Crippen LogP contribution >= 0.6 is 0 Å². The predicted molar refractivity (Wildman–Crippen MR) is 70.9 cm³/mol. The molecule has 2 unspecified atom stereocenters. The van der Waals surface area contributed by atoms with Gasteiger partial charge in [-0.05, 0) is 32.1 Å². The number of aromatic amines is 1. The maximum Gasteiger partial charge on any atom is 0.272 e. The highest BCUT2D eigenvalue weighted by atomic mass is 16.3. The lowest BCUT2D eigenvalue weighted by Crippen LogP contribution is -2.45. The van der Waals surface area contributed by atoms with Crippen molar-refractivity contribution in [2.75, 3.05) is 6.61 Å². The number of carbonyl (C=O) groups excluding carboxylic acids is 1. The normalized spacial score (nSPS) is 29.5. The van der Waals surface area contributed by atoms with E-state index in [0.29, 0.717) is 5.69 Å². The molecule has 0 saturated heterocycles. The molecule has 0 aromatic carbocycles. The number of carbonyl (C=O) groups is 1. The molecule has 3 N–H and O–H groups in total. The summed E-state index contributed by atoms with van der Waals surface area (Å²) in [6, 6.07) is 0.0544. The van der Waals surface area contributed by atoms with Crippen molar-refractivity contribution in [2.24, 2.45) is 5.41 Å². The first-order chi connectivity index (χ1) is 9.14. The maximum absolute atomic E-state index is 12.3. The van der Waals surface area contributed by atoms with Crippen molar-refractivity contribution in [3.63, 3.8) is 0 Å². The molecule has 104 valence electrons. The van der Waals surface area contributed by atoms with E-state index in [4.69, 9.17) is 0 Å². The summed E-state index contributed by atoms with van der Waals surface area (Å²) in [5, 5.41) is 19.7. The van der Waals surface area contributed by atoms with E-state index in [0.717, 1.165) is 49.8 Å². The van der Waals surface area contributed by atoms with Crippen LogP contribution in [0.25, 0.3) is 0 Å². The summed E-state index contributed by atoms with van der Waals surface area (Å²) >= 11 is 0. The fraction of sp³-hybridized carbons (Fsp3) is 0.714. The molecular weight excluding hydrogens is 242 g/mol. The highest BCUT2D eigenvalue weighted by Crippen LogP contribution is 2.37. The van der Waals surface area contributed by atoms with E-state index >= 15 is 0 Å². The number of aromatic nitrogens is 2. The van der Waals surface area contributed by atoms with Gasteiger partial charge in [0.25, 0.3) is 5.91 Å². The van der Waals surface area contributed by atoms with Gasteiger partial charge in [0.15, 0.2) is 5.69 Å². The summed E-state index contributed by atoms with van der Waals surface area (Å²) in [5.41, 5.74) is 2.57. The Morgan fingerprint density at radius 1 is 1.53 bits per heavy atom. The molecule has 1 aromatic rings. The van der Waals surface area contributed by atoms with Gasteiger partial charge < -0.3 is 10.4 Å². The molecule has 1 aromatic heterocycles. The van der Waals surface area contributed by atoms with Gasteiger partial charge in [-0.1, -0.05) is 13.3 Å². The van der Waals surface area contributed by atoms with Crippen molar-refractivity contribution in [3.05, 3.63) is 17.0 Å². The average Bonchev–Trinajstić information content (AvgIpc) is 3.05. The van der Waals surface area contributed by atoms with E-state index in [1.54, 1.807) is 0 Å². The Labute approximate surface area is 112 Å². The SMILES string of the molecule is CC1(CO)CCCC1NC(=O)c1n[nH]c2c1CCC2. The standard InChI is InChI=1S/C14H21N3O2/c1-14(8-18)7-3-6-11(14)15-13(19)12-9-4-2-5-10(9)16-17-12/h11,18H,2-8H2,1H3,(H,15,19)(H,16,17). The van der Waals surface area contributed by atoms with Crippen LogP contribution in [0.5, 0.6) is 0 Å². The van der Waals surface area contributed by atoms with Crippen molar-refractivity contribution >= 4 is 5.91 Å². The Morgan fingerprint density at radius 3 is 3.16 bits per heavy atom. The molecule has 1 heterocycles. The molecule has 2 atom stereocenters. The Morgan fingerprint density at radius 2 is 2.37 bits per heavy atom. The van der Waals surface area contributed by atoms with Gasteiger partial charge in [-0.3, -0.25) is 9.89 Å². The van der Waals surface area contributed by atoms with Crippen LogP contribution in [0.2, 0.25) is 0 Å². The summed E-state index contributed by atoms with van der Waals surface area (Å²) in [4.78, 5) is 12.3. The first-order valence-electron chi connectivity index (χ1n) is 7.12. The fourth-order valence-electron chi connectivity index (χ4n) is 3.40. The fourth-order valence-corrected chi connectivity index (χ4v) is 3.40. The highest BCUT2D eigenvalue weighted by Gasteiger charge is 2.39. The van der Waals surface area contributed by atoms with Gasteiger partial charge >= 0.3 is 0 Å². The lowest BCUT2D eigenvalue weighted by Gasteiger charge is -2.29. The Balaban J connectivity index is 1.75. The van der Waals surface area contributed by atoms with Crippen LogP contribution in [-0.2, 0) is 12.8 Å². The first-order valence-corrected chi connectivity index (χ1v) is 7.12. The monoisotopic (exact) mass is 263 g/mol. The van der Waals surface area contributed by atoms with Crippen LogP contribution in [0.3, 0.4) is 0 Å². The number of hydrogen-bond donors (Lipinski definition) is 3. The number of rotatable bonds is 3. The largest absolute Gasteiger partial charge is 0.396 e. The van der Waals surface area contributed by atoms with Crippen molar-refractivity contribution in [1.29, 1.82) is 0 Å². The van der Waals surface area contributed by atoms with E-state index < -0.39 is 0 Å². The molecule has 1 fully saturated rings. The van der Waals surface area contributed by atoms with Crippen LogP contribution in [-0.4, -0.2) is 33.9 Å². The minimum absolute atomic E-state index is 0.0544. The van der Waals surface area contributed by atoms with Crippen molar-refractivity contribution in [1.82, 2.24) is 15.5 Å². The lowest BCUT2D eigenvalue weighted by atomic mass is 9.85. The van der Waals surface area contributed by atoms with Crippen LogP contribution < -0.4 is 5.32 Å². The summed E-state index contributed by atoms with van der Waals surface area (Å²) < 4.78 is 0. The molecule has 2 aliphatic carbocycles. The van der Waals surface area contributed by atoms with Crippen molar-refractivity contribution < 1.29 is 9.90 Å². The number of fused-ring (bicyclic) bond motifs is 1. The first kappa shape index (κ1) is 12.7. The number of nitrogens with one attached hydrogen (secondary N) is 2. The number of aliphatic hydroxyl groups excluding tert-OH is 1. The Bertz CT molecular complexity index is 497. The molecule has 1 saturated carbocycles.